The van der Waals surface area contributed by atoms with Crippen molar-refractivity contribution in [3.8, 4) is 0 Å². The molecule has 4 rings (SSSR count). The van der Waals surface area contributed by atoms with Gasteiger partial charge in [0.2, 0.25) is 0 Å². The highest BCUT2D eigenvalue weighted by molar-refractivity contribution is 5.87. The van der Waals surface area contributed by atoms with Crippen LogP contribution in [0.1, 0.15) is 11.1 Å². The predicted octanol–water partition coefficient (Wildman–Crippen LogP) is 2.59. The van der Waals surface area contributed by atoms with Crippen molar-refractivity contribution in [2.24, 2.45) is 0 Å². The van der Waals surface area contributed by atoms with E-state index in [4.69, 9.17) is 0 Å². The number of rotatable bonds is 3. The fourth-order valence-corrected chi connectivity index (χ4v) is 3.30. The van der Waals surface area contributed by atoms with Crippen LogP contribution in [-0.2, 0) is 6.54 Å². The van der Waals surface area contributed by atoms with Gasteiger partial charge in [0.1, 0.15) is 17.8 Å². The normalized spacial score (nSPS) is 16.1. The summed E-state index contributed by atoms with van der Waals surface area (Å²) in [5, 5.41) is 1.11. The lowest BCUT2D eigenvalue weighted by molar-refractivity contribution is 0.249. The molecule has 5 heteroatoms. The number of piperazine rings is 1. The minimum absolute atomic E-state index is 0.914. The third-order valence-electron chi connectivity index (χ3n) is 4.49. The topological polar surface area (TPSA) is 48.1 Å². The van der Waals surface area contributed by atoms with E-state index in [9.17, 15) is 0 Å². The fourth-order valence-electron chi connectivity index (χ4n) is 3.30. The molecule has 3 aromatic rings. The van der Waals surface area contributed by atoms with Gasteiger partial charge < -0.3 is 9.88 Å². The largest absolute Gasteiger partial charge is 0.353 e. The molecule has 0 atom stereocenters. The maximum absolute atomic E-state index is 4.50. The molecule has 0 saturated carbocycles. The Hall–Kier alpha value is -2.40. The van der Waals surface area contributed by atoms with E-state index in [2.05, 4.69) is 62.0 Å². The summed E-state index contributed by atoms with van der Waals surface area (Å²) in [6.07, 6.45) is 3.57. The van der Waals surface area contributed by atoms with Crippen molar-refractivity contribution in [1.82, 2.24) is 19.9 Å². The molecule has 1 aliphatic heterocycles. The maximum Gasteiger partial charge on any atom is 0.142 e. The highest BCUT2D eigenvalue weighted by Crippen LogP contribution is 2.23. The van der Waals surface area contributed by atoms with Gasteiger partial charge in [-0.3, -0.25) is 4.90 Å². The van der Waals surface area contributed by atoms with Gasteiger partial charge in [-0.2, -0.15) is 0 Å². The molecule has 1 fully saturated rings. The second-order valence-corrected chi connectivity index (χ2v) is 6.19. The third kappa shape index (κ3) is 2.92. The van der Waals surface area contributed by atoms with Crippen LogP contribution in [0.25, 0.3) is 11.0 Å². The zero-order chi connectivity index (χ0) is 15.6. The molecule has 0 amide bonds. The average molecular weight is 307 g/mol. The van der Waals surface area contributed by atoms with Crippen LogP contribution in [0.15, 0.2) is 42.9 Å². The van der Waals surface area contributed by atoms with Crippen LogP contribution in [0.5, 0.6) is 0 Å². The van der Waals surface area contributed by atoms with Gasteiger partial charge >= 0.3 is 0 Å². The summed E-state index contributed by atoms with van der Waals surface area (Å²) in [7, 11) is 0. The maximum atomic E-state index is 4.50. The molecule has 2 aromatic heterocycles. The number of H-pyrrole nitrogens is 1. The van der Waals surface area contributed by atoms with E-state index in [0.29, 0.717) is 0 Å². The van der Waals surface area contributed by atoms with Crippen molar-refractivity contribution in [2.45, 2.75) is 13.5 Å². The first-order chi connectivity index (χ1) is 11.3. The number of anilines is 1. The number of nitrogens with one attached hydrogen (secondary N) is 1. The van der Waals surface area contributed by atoms with Crippen LogP contribution in [-0.4, -0.2) is 46.0 Å². The molecule has 1 N–H and O–H groups in total. The van der Waals surface area contributed by atoms with Gasteiger partial charge in [-0.15, -0.1) is 0 Å². The summed E-state index contributed by atoms with van der Waals surface area (Å²) in [6.45, 7) is 7.30. The Morgan fingerprint density at radius 2 is 1.96 bits per heavy atom. The smallest absolute Gasteiger partial charge is 0.142 e. The van der Waals surface area contributed by atoms with Gasteiger partial charge in [0.25, 0.3) is 0 Å². The Morgan fingerprint density at radius 3 is 2.78 bits per heavy atom. The lowest BCUT2D eigenvalue weighted by Gasteiger charge is -2.35. The first-order valence-corrected chi connectivity index (χ1v) is 8.10. The summed E-state index contributed by atoms with van der Waals surface area (Å²) in [5.74, 6) is 1.05. The van der Waals surface area contributed by atoms with E-state index in [1.807, 2.05) is 6.20 Å². The van der Waals surface area contributed by atoms with E-state index < -0.39 is 0 Å². The number of aromatic nitrogens is 3. The van der Waals surface area contributed by atoms with Crippen LogP contribution >= 0.6 is 0 Å². The standard InChI is InChI=1S/C18H21N5/c1-14-3-2-4-15(11-14)12-22-7-9-23(10-8-22)18-16-5-6-19-17(16)20-13-21-18/h2-6,11,13H,7-10,12H2,1H3,(H,19,20,21). The summed E-state index contributed by atoms with van der Waals surface area (Å²) in [4.78, 5) is 16.8. The molecule has 0 spiro atoms. The minimum Gasteiger partial charge on any atom is -0.353 e. The zero-order valence-electron chi connectivity index (χ0n) is 13.4. The van der Waals surface area contributed by atoms with E-state index in [-0.39, 0.29) is 0 Å². The summed E-state index contributed by atoms with van der Waals surface area (Å²) in [6, 6.07) is 10.8. The molecule has 23 heavy (non-hydrogen) atoms. The third-order valence-corrected chi connectivity index (χ3v) is 4.49. The molecule has 0 aliphatic carbocycles. The lowest BCUT2D eigenvalue weighted by Crippen LogP contribution is -2.46. The Bertz CT molecular complexity index is 802. The molecular formula is C18H21N5. The Balaban J connectivity index is 1.44. The lowest BCUT2D eigenvalue weighted by atomic mass is 10.1. The number of hydrogen-bond donors (Lipinski definition) is 1. The monoisotopic (exact) mass is 307 g/mol. The van der Waals surface area contributed by atoms with E-state index in [1.54, 1.807) is 6.33 Å². The molecule has 0 unspecified atom stereocenters. The summed E-state index contributed by atoms with van der Waals surface area (Å²) in [5.41, 5.74) is 3.64. The van der Waals surface area contributed by atoms with Crippen molar-refractivity contribution >= 4 is 16.9 Å². The van der Waals surface area contributed by atoms with Gasteiger partial charge in [-0.25, -0.2) is 9.97 Å². The first kappa shape index (κ1) is 14.2. The number of hydrogen-bond acceptors (Lipinski definition) is 4. The SMILES string of the molecule is Cc1cccc(CN2CCN(c3ncnc4[nH]ccc34)CC2)c1. The first-order valence-electron chi connectivity index (χ1n) is 8.10. The van der Waals surface area contributed by atoms with Crippen LogP contribution in [0.3, 0.4) is 0 Å². The zero-order valence-corrected chi connectivity index (χ0v) is 13.4. The molecule has 118 valence electrons. The Kier molecular flexibility index (Phi) is 3.71. The van der Waals surface area contributed by atoms with Gasteiger partial charge in [0, 0.05) is 38.9 Å². The number of nitrogens with zero attached hydrogens (tertiary/aromatic N) is 4. The number of aromatic amines is 1. The second-order valence-electron chi connectivity index (χ2n) is 6.19. The van der Waals surface area contributed by atoms with Crippen LogP contribution in [0.2, 0.25) is 0 Å². The van der Waals surface area contributed by atoms with Gasteiger partial charge in [-0.05, 0) is 18.6 Å². The molecule has 1 aliphatic rings. The van der Waals surface area contributed by atoms with Gasteiger partial charge in [0.15, 0.2) is 0 Å². The number of benzene rings is 1. The van der Waals surface area contributed by atoms with Crippen molar-refractivity contribution < 1.29 is 0 Å². The van der Waals surface area contributed by atoms with Crippen molar-refractivity contribution in [3.05, 3.63) is 54.0 Å². The summed E-state index contributed by atoms with van der Waals surface area (Å²) >= 11 is 0. The highest BCUT2D eigenvalue weighted by atomic mass is 15.3. The Labute approximate surface area is 136 Å². The molecule has 3 heterocycles. The van der Waals surface area contributed by atoms with Gasteiger partial charge in [0.05, 0.1) is 5.39 Å². The van der Waals surface area contributed by atoms with E-state index in [1.165, 1.54) is 11.1 Å². The Morgan fingerprint density at radius 1 is 1.09 bits per heavy atom. The number of aryl methyl sites for hydroxylation is 1. The van der Waals surface area contributed by atoms with Crippen LogP contribution < -0.4 is 4.90 Å². The minimum atomic E-state index is 0.914. The molecule has 5 nitrogen and oxygen atoms in total. The van der Waals surface area contributed by atoms with E-state index in [0.717, 1.165) is 49.6 Å². The molecule has 0 bridgehead atoms. The average Bonchev–Trinajstić information content (AvgIpc) is 3.04. The molecule has 1 saturated heterocycles. The molecule has 0 radical (unpaired) electrons. The fraction of sp³-hybridized carbons (Fsp3) is 0.333. The van der Waals surface area contributed by atoms with Crippen LogP contribution in [0.4, 0.5) is 5.82 Å². The van der Waals surface area contributed by atoms with Gasteiger partial charge in [-0.1, -0.05) is 29.8 Å². The number of fused-ring (bicyclic) bond motifs is 1. The van der Waals surface area contributed by atoms with Crippen molar-refractivity contribution in [3.63, 3.8) is 0 Å². The van der Waals surface area contributed by atoms with E-state index >= 15 is 0 Å². The summed E-state index contributed by atoms with van der Waals surface area (Å²) < 4.78 is 0. The van der Waals surface area contributed by atoms with Crippen LogP contribution in [0, 0.1) is 6.92 Å². The second kappa shape index (κ2) is 6.01. The van der Waals surface area contributed by atoms with Crippen molar-refractivity contribution in [1.29, 1.82) is 0 Å². The van der Waals surface area contributed by atoms with Crippen molar-refractivity contribution in [2.75, 3.05) is 31.1 Å². The molecule has 1 aromatic carbocycles. The molecular weight excluding hydrogens is 286 g/mol. The predicted molar refractivity (Wildman–Crippen MR) is 92.6 cm³/mol. The highest BCUT2D eigenvalue weighted by Gasteiger charge is 2.20. The quantitative estimate of drug-likeness (QED) is 0.808.